The summed E-state index contributed by atoms with van der Waals surface area (Å²) in [6, 6.07) is 3.35. The van der Waals surface area contributed by atoms with E-state index in [-0.39, 0.29) is 43.5 Å². The number of ether oxygens (including phenoxy) is 1. The highest BCUT2D eigenvalue weighted by Crippen LogP contribution is 2.26. The molecule has 0 heterocycles. The summed E-state index contributed by atoms with van der Waals surface area (Å²) in [7, 11) is 0. The fraction of sp³-hybridized carbons (Fsp3) is 0.556. The summed E-state index contributed by atoms with van der Waals surface area (Å²) in [5, 5.41) is 31.2. The van der Waals surface area contributed by atoms with Gasteiger partial charge in [0.2, 0.25) is 5.91 Å². The van der Waals surface area contributed by atoms with Crippen molar-refractivity contribution in [2.45, 2.75) is 39.7 Å². The molecule has 4 N–H and O–H groups in total. The van der Waals surface area contributed by atoms with Gasteiger partial charge in [0.1, 0.15) is 17.5 Å². The Kier molecular flexibility index (Phi) is 8.21. The van der Waals surface area contributed by atoms with E-state index in [2.05, 4.69) is 5.32 Å². The Morgan fingerprint density at radius 1 is 1.24 bits per heavy atom. The lowest BCUT2D eigenvalue weighted by Gasteiger charge is -2.24. The number of carbonyl (C=O) groups excluding carboxylic acids is 2. The zero-order valence-corrected chi connectivity index (χ0v) is 14.9. The highest BCUT2D eigenvalue weighted by molar-refractivity contribution is 5.86. The first-order valence-electron chi connectivity index (χ1n) is 8.38. The first-order chi connectivity index (χ1) is 11.8. The molecule has 2 atom stereocenters. The molecule has 0 aromatic heterocycles. The van der Waals surface area contributed by atoms with Crippen LogP contribution in [0.25, 0.3) is 0 Å². The Morgan fingerprint density at radius 3 is 2.44 bits per heavy atom. The Bertz CT molecular complexity index is 587. The van der Waals surface area contributed by atoms with Gasteiger partial charge < -0.3 is 25.4 Å². The third-order valence-electron chi connectivity index (χ3n) is 3.89. The molecule has 2 unspecified atom stereocenters. The standard InChI is InChI=1S/C18H27NO6/c1-4-25-18(24)16(11(2)3)19-17(23)13(7-8-20)9-12-5-6-14(21)10-15(12)22/h5-6,10-11,13,16,20-22H,4,7-9H2,1-3H3,(H,19,23). The molecular weight excluding hydrogens is 326 g/mol. The van der Waals surface area contributed by atoms with Gasteiger partial charge in [-0.2, -0.15) is 0 Å². The largest absolute Gasteiger partial charge is 0.508 e. The number of aliphatic hydroxyl groups is 1. The van der Waals surface area contributed by atoms with Crippen molar-refractivity contribution in [2.75, 3.05) is 13.2 Å². The predicted octanol–water partition coefficient (Wildman–Crippen LogP) is 1.34. The molecule has 1 rings (SSSR count). The Balaban J connectivity index is 2.89. The topological polar surface area (TPSA) is 116 Å². The maximum Gasteiger partial charge on any atom is 0.328 e. The molecule has 0 saturated carbocycles. The number of benzene rings is 1. The zero-order chi connectivity index (χ0) is 19.0. The van der Waals surface area contributed by atoms with Crippen LogP contribution in [0.2, 0.25) is 0 Å². The number of phenolic OH excluding ortho intramolecular Hbond substituents is 2. The molecule has 25 heavy (non-hydrogen) atoms. The maximum absolute atomic E-state index is 12.6. The Morgan fingerprint density at radius 2 is 1.92 bits per heavy atom. The molecule has 1 amide bonds. The molecule has 0 radical (unpaired) electrons. The lowest BCUT2D eigenvalue weighted by molar-refractivity contribution is -0.149. The van der Waals surface area contributed by atoms with E-state index in [9.17, 15) is 24.9 Å². The summed E-state index contributed by atoms with van der Waals surface area (Å²) >= 11 is 0. The van der Waals surface area contributed by atoms with Crippen molar-refractivity contribution >= 4 is 11.9 Å². The molecule has 7 nitrogen and oxygen atoms in total. The van der Waals surface area contributed by atoms with Crippen molar-refractivity contribution in [1.29, 1.82) is 0 Å². The van der Waals surface area contributed by atoms with Crippen LogP contribution in [0.5, 0.6) is 11.5 Å². The average molecular weight is 353 g/mol. The zero-order valence-electron chi connectivity index (χ0n) is 14.9. The number of amides is 1. The smallest absolute Gasteiger partial charge is 0.328 e. The van der Waals surface area contributed by atoms with Crippen LogP contribution in [0.15, 0.2) is 18.2 Å². The summed E-state index contributed by atoms with van der Waals surface area (Å²) in [4.78, 5) is 24.6. The molecular formula is C18H27NO6. The van der Waals surface area contributed by atoms with Crippen LogP contribution >= 0.6 is 0 Å². The number of carbonyl (C=O) groups is 2. The minimum Gasteiger partial charge on any atom is -0.508 e. The first-order valence-corrected chi connectivity index (χ1v) is 8.38. The van der Waals surface area contributed by atoms with Crippen molar-refractivity contribution < 1.29 is 29.6 Å². The van der Waals surface area contributed by atoms with Crippen LogP contribution in [-0.4, -0.2) is 46.5 Å². The minimum atomic E-state index is -0.776. The molecule has 0 aliphatic rings. The van der Waals surface area contributed by atoms with Crippen LogP contribution in [0, 0.1) is 11.8 Å². The van der Waals surface area contributed by atoms with Crippen LogP contribution in [-0.2, 0) is 20.7 Å². The summed E-state index contributed by atoms with van der Waals surface area (Å²) in [5.41, 5.74) is 0.476. The third-order valence-corrected chi connectivity index (χ3v) is 3.89. The van der Waals surface area contributed by atoms with E-state index in [1.807, 2.05) is 0 Å². The van der Waals surface area contributed by atoms with E-state index in [4.69, 9.17) is 4.74 Å². The van der Waals surface area contributed by atoms with Crippen LogP contribution < -0.4 is 5.32 Å². The second-order valence-corrected chi connectivity index (χ2v) is 6.21. The van der Waals surface area contributed by atoms with Crippen molar-refractivity contribution in [3.8, 4) is 11.5 Å². The van der Waals surface area contributed by atoms with E-state index >= 15 is 0 Å². The molecule has 0 aliphatic carbocycles. The Hall–Kier alpha value is -2.28. The van der Waals surface area contributed by atoms with Gasteiger partial charge in [-0.15, -0.1) is 0 Å². The molecule has 0 spiro atoms. The van der Waals surface area contributed by atoms with Gasteiger partial charge in [-0.05, 0) is 37.3 Å². The second-order valence-electron chi connectivity index (χ2n) is 6.21. The van der Waals surface area contributed by atoms with Gasteiger partial charge in [0.05, 0.1) is 6.61 Å². The van der Waals surface area contributed by atoms with Gasteiger partial charge in [-0.3, -0.25) is 4.79 Å². The van der Waals surface area contributed by atoms with Gasteiger partial charge >= 0.3 is 5.97 Å². The molecule has 0 aliphatic heterocycles. The number of hydrogen-bond acceptors (Lipinski definition) is 6. The maximum atomic E-state index is 12.6. The summed E-state index contributed by atoms with van der Waals surface area (Å²) in [6.45, 7) is 5.31. The fourth-order valence-electron chi connectivity index (χ4n) is 2.47. The van der Waals surface area contributed by atoms with Gasteiger partial charge in [0.25, 0.3) is 0 Å². The Labute approximate surface area is 147 Å². The molecule has 0 bridgehead atoms. The summed E-state index contributed by atoms with van der Waals surface area (Å²) in [6.07, 6.45) is 0.353. The highest BCUT2D eigenvalue weighted by Gasteiger charge is 2.29. The number of aliphatic hydroxyl groups excluding tert-OH is 1. The quantitative estimate of drug-likeness (QED) is 0.498. The summed E-state index contributed by atoms with van der Waals surface area (Å²) in [5.74, 6) is -1.88. The predicted molar refractivity (Wildman–Crippen MR) is 92.1 cm³/mol. The molecule has 140 valence electrons. The second kappa shape index (κ2) is 9.88. The van der Waals surface area contributed by atoms with E-state index in [1.165, 1.54) is 18.2 Å². The molecule has 0 fully saturated rings. The van der Waals surface area contributed by atoms with Crippen LogP contribution in [0.1, 0.15) is 32.8 Å². The number of nitrogens with one attached hydrogen (secondary N) is 1. The van der Waals surface area contributed by atoms with Crippen molar-refractivity contribution in [2.24, 2.45) is 11.8 Å². The monoisotopic (exact) mass is 353 g/mol. The van der Waals surface area contributed by atoms with E-state index in [0.29, 0.717) is 5.56 Å². The first kappa shape index (κ1) is 20.8. The number of phenols is 2. The number of hydrogen-bond donors (Lipinski definition) is 4. The third kappa shape index (κ3) is 6.26. The normalized spacial score (nSPS) is 13.3. The van der Waals surface area contributed by atoms with Gasteiger partial charge in [-0.1, -0.05) is 19.9 Å². The lowest BCUT2D eigenvalue weighted by Crippen LogP contribution is -2.48. The van der Waals surface area contributed by atoms with Crippen LogP contribution in [0.4, 0.5) is 0 Å². The van der Waals surface area contributed by atoms with Crippen molar-refractivity contribution in [3.05, 3.63) is 23.8 Å². The molecule has 1 aromatic rings. The fourth-order valence-corrected chi connectivity index (χ4v) is 2.47. The highest BCUT2D eigenvalue weighted by atomic mass is 16.5. The van der Waals surface area contributed by atoms with E-state index in [1.54, 1.807) is 20.8 Å². The van der Waals surface area contributed by atoms with Gasteiger partial charge in [0.15, 0.2) is 0 Å². The molecule has 0 saturated heterocycles. The van der Waals surface area contributed by atoms with E-state index in [0.717, 1.165) is 0 Å². The van der Waals surface area contributed by atoms with Crippen molar-refractivity contribution in [3.63, 3.8) is 0 Å². The molecule has 1 aromatic carbocycles. The van der Waals surface area contributed by atoms with Crippen LogP contribution in [0.3, 0.4) is 0 Å². The lowest BCUT2D eigenvalue weighted by atomic mass is 9.93. The average Bonchev–Trinajstić information content (AvgIpc) is 2.54. The number of rotatable bonds is 9. The summed E-state index contributed by atoms with van der Waals surface area (Å²) < 4.78 is 4.99. The van der Waals surface area contributed by atoms with E-state index < -0.39 is 23.8 Å². The number of aromatic hydroxyl groups is 2. The minimum absolute atomic E-state index is 0.0772. The van der Waals surface area contributed by atoms with Gasteiger partial charge in [0, 0.05) is 18.6 Å². The van der Waals surface area contributed by atoms with Gasteiger partial charge in [-0.25, -0.2) is 4.79 Å². The van der Waals surface area contributed by atoms with Crippen molar-refractivity contribution in [1.82, 2.24) is 5.32 Å². The number of esters is 1. The molecule has 7 heteroatoms. The SMILES string of the molecule is CCOC(=O)C(NC(=O)C(CCO)Cc1ccc(O)cc1O)C(C)C.